The molecule has 2 aromatic heterocycles. The van der Waals surface area contributed by atoms with Crippen LogP contribution in [0.2, 0.25) is 0 Å². The van der Waals surface area contributed by atoms with Crippen LogP contribution in [0.1, 0.15) is 16.1 Å². The molecule has 12 heteroatoms. The van der Waals surface area contributed by atoms with Crippen molar-refractivity contribution in [2.75, 3.05) is 0 Å². The van der Waals surface area contributed by atoms with Crippen LogP contribution in [0.5, 0.6) is 5.75 Å². The Bertz CT molecular complexity index is 1300. The molecule has 32 heavy (non-hydrogen) atoms. The highest BCUT2D eigenvalue weighted by atomic mass is 32.1. The molecule has 166 valence electrons. The number of hydrogen-bond acceptors (Lipinski definition) is 7. The summed E-state index contributed by atoms with van der Waals surface area (Å²) in [4.78, 5) is 18.3. The molecule has 0 fully saturated rings. The highest BCUT2D eigenvalue weighted by Gasteiger charge is 2.30. The van der Waals surface area contributed by atoms with E-state index < -0.39 is 23.3 Å². The number of H-pyrrole nitrogens is 1. The summed E-state index contributed by atoms with van der Waals surface area (Å²) in [6.45, 7) is 0.132. The van der Waals surface area contributed by atoms with E-state index in [0.717, 1.165) is 18.2 Å². The molecule has 0 saturated heterocycles. The Morgan fingerprint density at radius 2 is 1.91 bits per heavy atom. The molecule has 2 aromatic carbocycles. The van der Waals surface area contributed by atoms with Crippen LogP contribution in [0, 0.1) is 5.82 Å². The summed E-state index contributed by atoms with van der Waals surface area (Å²) in [5, 5.41) is 3.93. The number of rotatable bonds is 6. The minimum absolute atomic E-state index is 0.0322. The van der Waals surface area contributed by atoms with E-state index >= 15 is 0 Å². The molecule has 0 spiro atoms. The van der Waals surface area contributed by atoms with Gasteiger partial charge in [-0.3, -0.25) is 9.51 Å². The molecule has 4 aromatic rings. The Hall–Kier alpha value is -3.51. The summed E-state index contributed by atoms with van der Waals surface area (Å²) in [6.07, 6.45) is -4.42. The molecule has 4 rings (SSSR count). The number of nitrogens with two attached hydrogens (primary N) is 1. The summed E-state index contributed by atoms with van der Waals surface area (Å²) in [5.41, 5.74) is 6.07. The van der Waals surface area contributed by atoms with Crippen LogP contribution in [-0.4, -0.2) is 15.1 Å². The molecule has 0 bridgehead atoms. The monoisotopic (exact) mass is 466 g/mol. The van der Waals surface area contributed by atoms with Gasteiger partial charge in [0.1, 0.15) is 23.2 Å². The summed E-state index contributed by atoms with van der Waals surface area (Å²) in [7, 11) is 0. The maximum atomic E-state index is 14.4. The Labute approximate surface area is 181 Å². The summed E-state index contributed by atoms with van der Waals surface area (Å²) >= 11 is 1.22. The fourth-order valence-corrected chi connectivity index (χ4v) is 3.86. The maximum Gasteiger partial charge on any atom is 0.439 e. The van der Waals surface area contributed by atoms with Gasteiger partial charge in [0.15, 0.2) is 5.82 Å². The second kappa shape index (κ2) is 8.55. The van der Waals surface area contributed by atoms with Crippen LogP contribution >= 0.6 is 11.3 Å². The van der Waals surface area contributed by atoms with Crippen molar-refractivity contribution in [1.82, 2.24) is 15.1 Å². The van der Waals surface area contributed by atoms with E-state index in [0.29, 0.717) is 21.1 Å². The Balaban J connectivity index is 1.51. The van der Waals surface area contributed by atoms with Crippen LogP contribution in [0.25, 0.3) is 22.0 Å². The number of aromatic amines is 1. The molecule has 0 aliphatic carbocycles. The third-order valence-electron chi connectivity index (χ3n) is 4.44. The van der Waals surface area contributed by atoms with Gasteiger partial charge in [0.05, 0.1) is 21.7 Å². The molecule has 0 atom stereocenters. The zero-order chi connectivity index (χ0) is 22.9. The minimum Gasteiger partial charge on any atom is -0.488 e. The van der Waals surface area contributed by atoms with Crippen molar-refractivity contribution in [2.24, 2.45) is 5.73 Å². The SMILES string of the molecule is NCc1nc(-c2ccc(C(F)(F)F)cc2)sc1COc1ccc(-c2noc(=O)[nH]2)c(F)c1. The minimum atomic E-state index is -4.42. The fraction of sp³-hybridized carbons (Fsp3) is 0.150. The van der Waals surface area contributed by atoms with Gasteiger partial charge < -0.3 is 10.5 Å². The maximum absolute atomic E-state index is 14.4. The van der Waals surface area contributed by atoms with Crippen LogP contribution < -0.4 is 16.2 Å². The largest absolute Gasteiger partial charge is 0.488 e. The highest BCUT2D eigenvalue weighted by Crippen LogP contribution is 2.33. The van der Waals surface area contributed by atoms with Crippen molar-refractivity contribution < 1.29 is 26.8 Å². The second-order valence-electron chi connectivity index (χ2n) is 6.54. The normalized spacial score (nSPS) is 11.7. The first-order valence-electron chi connectivity index (χ1n) is 9.09. The summed E-state index contributed by atoms with van der Waals surface area (Å²) in [6, 6.07) is 8.66. The standard InChI is InChI=1S/C20H14F4N4O3S/c21-14-7-12(5-6-13(14)17-27-19(29)31-28-17)30-9-16-15(8-25)26-18(32-16)10-1-3-11(4-2-10)20(22,23)24/h1-7H,8-9,25H2,(H,27,28,29). The van der Waals surface area contributed by atoms with Gasteiger partial charge in [-0.2, -0.15) is 13.2 Å². The molecule has 3 N–H and O–H groups in total. The van der Waals surface area contributed by atoms with Crippen molar-refractivity contribution in [3.05, 3.63) is 75.0 Å². The first-order chi connectivity index (χ1) is 15.2. The molecule has 0 radical (unpaired) electrons. The van der Waals surface area contributed by atoms with Gasteiger partial charge in [0, 0.05) is 18.2 Å². The number of halogens is 4. The third kappa shape index (κ3) is 4.55. The van der Waals surface area contributed by atoms with Crippen LogP contribution in [0.3, 0.4) is 0 Å². The first kappa shape index (κ1) is 21.7. The predicted octanol–water partition coefficient (Wildman–Crippen LogP) is 4.35. The lowest BCUT2D eigenvalue weighted by molar-refractivity contribution is -0.137. The smallest absolute Gasteiger partial charge is 0.439 e. The number of hydrogen-bond donors (Lipinski definition) is 2. The molecule has 0 aliphatic heterocycles. The molecule has 0 saturated carbocycles. The van der Waals surface area contributed by atoms with Crippen LogP contribution in [-0.2, 0) is 19.3 Å². The molecular formula is C20H14F4N4O3S. The van der Waals surface area contributed by atoms with E-state index in [9.17, 15) is 22.4 Å². The van der Waals surface area contributed by atoms with Crippen LogP contribution in [0.15, 0.2) is 51.8 Å². The number of nitrogens with one attached hydrogen (secondary N) is 1. The lowest BCUT2D eigenvalue weighted by Crippen LogP contribution is -2.04. The topological polar surface area (TPSA) is 107 Å². The lowest BCUT2D eigenvalue weighted by Gasteiger charge is -2.07. The molecule has 0 amide bonds. The average molecular weight is 466 g/mol. The Morgan fingerprint density at radius 3 is 2.50 bits per heavy atom. The first-order valence-corrected chi connectivity index (χ1v) is 9.91. The molecular weight excluding hydrogens is 452 g/mol. The van der Waals surface area contributed by atoms with E-state index in [-0.39, 0.29) is 30.3 Å². The van der Waals surface area contributed by atoms with Gasteiger partial charge in [-0.05, 0) is 24.3 Å². The number of aromatic nitrogens is 3. The number of benzene rings is 2. The fourth-order valence-electron chi connectivity index (χ4n) is 2.85. The predicted molar refractivity (Wildman–Crippen MR) is 107 cm³/mol. The number of nitrogens with zero attached hydrogens (tertiary/aromatic N) is 2. The second-order valence-corrected chi connectivity index (χ2v) is 7.63. The zero-order valence-electron chi connectivity index (χ0n) is 16.1. The van der Waals surface area contributed by atoms with Gasteiger partial charge in [0.2, 0.25) is 0 Å². The molecule has 0 aliphatic rings. The van der Waals surface area contributed by atoms with Gasteiger partial charge in [-0.25, -0.2) is 14.2 Å². The van der Waals surface area contributed by atoms with E-state index in [1.807, 2.05) is 0 Å². The molecule has 2 heterocycles. The van der Waals surface area contributed by atoms with Crippen molar-refractivity contribution in [3.63, 3.8) is 0 Å². The summed E-state index contributed by atoms with van der Waals surface area (Å²) in [5.74, 6) is -1.32. The van der Waals surface area contributed by atoms with E-state index in [2.05, 4.69) is 19.6 Å². The van der Waals surface area contributed by atoms with Crippen molar-refractivity contribution in [2.45, 2.75) is 19.3 Å². The van der Waals surface area contributed by atoms with Gasteiger partial charge in [-0.1, -0.05) is 17.3 Å². The summed E-state index contributed by atoms with van der Waals surface area (Å²) < 4.78 is 62.6. The van der Waals surface area contributed by atoms with E-state index in [4.69, 9.17) is 10.5 Å². The average Bonchev–Trinajstić information content (AvgIpc) is 3.38. The quantitative estimate of drug-likeness (QED) is 0.409. The number of ether oxygens (including phenoxy) is 1. The van der Waals surface area contributed by atoms with Gasteiger partial charge in [-0.15, -0.1) is 11.3 Å². The molecule has 0 unspecified atom stereocenters. The Morgan fingerprint density at radius 1 is 1.16 bits per heavy atom. The third-order valence-corrected chi connectivity index (χ3v) is 5.56. The van der Waals surface area contributed by atoms with Crippen molar-refractivity contribution in [3.8, 4) is 27.7 Å². The lowest BCUT2D eigenvalue weighted by atomic mass is 10.1. The van der Waals surface area contributed by atoms with Gasteiger partial charge >= 0.3 is 11.9 Å². The van der Waals surface area contributed by atoms with Gasteiger partial charge in [0.25, 0.3) is 0 Å². The number of alkyl halides is 3. The highest BCUT2D eigenvalue weighted by molar-refractivity contribution is 7.15. The zero-order valence-corrected chi connectivity index (χ0v) is 16.9. The van der Waals surface area contributed by atoms with E-state index in [1.165, 1.54) is 35.6 Å². The molecule has 7 nitrogen and oxygen atoms in total. The van der Waals surface area contributed by atoms with Crippen molar-refractivity contribution in [1.29, 1.82) is 0 Å². The van der Waals surface area contributed by atoms with Crippen LogP contribution in [0.4, 0.5) is 17.6 Å². The van der Waals surface area contributed by atoms with E-state index in [1.54, 1.807) is 0 Å². The Kier molecular flexibility index (Phi) is 5.80. The van der Waals surface area contributed by atoms with Crippen molar-refractivity contribution >= 4 is 11.3 Å². The number of thiazole rings is 1.